The highest BCUT2D eigenvalue weighted by atomic mass is 16.5. The molecule has 21 heavy (non-hydrogen) atoms. The molecule has 0 radical (unpaired) electrons. The van der Waals surface area contributed by atoms with Gasteiger partial charge in [-0.15, -0.1) is 0 Å². The molecule has 0 atom stereocenters. The average molecular weight is 283 g/mol. The van der Waals surface area contributed by atoms with Gasteiger partial charge in [-0.25, -0.2) is 0 Å². The van der Waals surface area contributed by atoms with Gasteiger partial charge in [0.05, 0.1) is 13.2 Å². The van der Waals surface area contributed by atoms with Gasteiger partial charge < -0.3 is 14.8 Å². The van der Waals surface area contributed by atoms with Crippen LogP contribution in [0.1, 0.15) is 23.1 Å². The standard InChI is InChI=1S/C18H21NO2/c1-13-4-6-16(14(2)10-13)19-12-15-5-7-17-18(11-15)21-9-3-8-20-17/h4-7,10-11,19H,3,8-9,12H2,1-2H3. The Kier molecular flexibility index (Phi) is 4.00. The van der Waals surface area contributed by atoms with Crippen LogP contribution in [0.3, 0.4) is 0 Å². The van der Waals surface area contributed by atoms with Crippen molar-refractivity contribution in [1.82, 2.24) is 0 Å². The highest BCUT2D eigenvalue weighted by Crippen LogP contribution is 2.30. The zero-order chi connectivity index (χ0) is 14.7. The fourth-order valence-electron chi connectivity index (χ4n) is 2.53. The van der Waals surface area contributed by atoms with Crippen LogP contribution >= 0.6 is 0 Å². The Morgan fingerprint density at radius 2 is 1.76 bits per heavy atom. The van der Waals surface area contributed by atoms with Crippen LogP contribution in [0.5, 0.6) is 11.5 Å². The summed E-state index contributed by atoms with van der Waals surface area (Å²) in [6, 6.07) is 12.6. The molecule has 0 saturated carbocycles. The molecule has 0 fully saturated rings. The van der Waals surface area contributed by atoms with Gasteiger partial charge >= 0.3 is 0 Å². The summed E-state index contributed by atoms with van der Waals surface area (Å²) in [6.07, 6.45) is 0.935. The third-order valence-electron chi connectivity index (χ3n) is 3.68. The van der Waals surface area contributed by atoms with Gasteiger partial charge in [-0.2, -0.15) is 0 Å². The highest BCUT2D eigenvalue weighted by molar-refractivity contribution is 5.53. The van der Waals surface area contributed by atoms with E-state index in [2.05, 4.69) is 49.5 Å². The van der Waals surface area contributed by atoms with Crippen molar-refractivity contribution >= 4 is 5.69 Å². The minimum atomic E-state index is 0.723. The van der Waals surface area contributed by atoms with E-state index in [0.717, 1.165) is 37.7 Å². The van der Waals surface area contributed by atoms with Crippen LogP contribution in [0.15, 0.2) is 36.4 Å². The van der Waals surface area contributed by atoms with Crippen LogP contribution in [-0.2, 0) is 6.54 Å². The molecule has 1 aliphatic heterocycles. The second-order valence-corrected chi connectivity index (χ2v) is 5.50. The molecule has 0 spiro atoms. The van der Waals surface area contributed by atoms with Crippen LogP contribution in [0.2, 0.25) is 0 Å². The van der Waals surface area contributed by atoms with Gasteiger partial charge in [0.2, 0.25) is 0 Å². The molecule has 1 aliphatic rings. The Morgan fingerprint density at radius 1 is 0.952 bits per heavy atom. The van der Waals surface area contributed by atoms with Crippen molar-refractivity contribution in [2.45, 2.75) is 26.8 Å². The minimum absolute atomic E-state index is 0.723. The molecule has 3 heteroatoms. The molecule has 3 rings (SSSR count). The molecule has 0 amide bonds. The van der Waals surface area contributed by atoms with Crippen molar-refractivity contribution in [2.75, 3.05) is 18.5 Å². The van der Waals surface area contributed by atoms with Gasteiger partial charge in [0, 0.05) is 18.7 Å². The summed E-state index contributed by atoms with van der Waals surface area (Å²) in [7, 11) is 0. The third kappa shape index (κ3) is 3.30. The SMILES string of the molecule is Cc1ccc(NCc2ccc3c(c2)OCCCO3)c(C)c1. The van der Waals surface area contributed by atoms with Gasteiger partial charge in [-0.05, 0) is 43.2 Å². The smallest absolute Gasteiger partial charge is 0.161 e. The monoisotopic (exact) mass is 283 g/mol. The van der Waals surface area contributed by atoms with Crippen molar-refractivity contribution in [2.24, 2.45) is 0 Å². The van der Waals surface area contributed by atoms with Crippen LogP contribution in [0.25, 0.3) is 0 Å². The van der Waals surface area contributed by atoms with Crippen LogP contribution < -0.4 is 14.8 Å². The van der Waals surface area contributed by atoms with Gasteiger partial charge in [-0.3, -0.25) is 0 Å². The van der Waals surface area contributed by atoms with E-state index in [4.69, 9.17) is 9.47 Å². The van der Waals surface area contributed by atoms with E-state index >= 15 is 0 Å². The van der Waals surface area contributed by atoms with E-state index in [-0.39, 0.29) is 0 Å². The summed E-state index contributed by atoms with van der Waals surface area (Å²) in [5.41, 5.74) is 4.92. The predicted molar refractivity (Wildman–Crippen MR) is 85.3 cm³/mol. The number of ether oxygens (including phenoxy) is 2. The zero-order valence-electron chi connectivity index (χ0n) is 12.6. The molecule has 110 valence electrons. The Morgan fingerprint density at radius 3 is 2.57 bits per heavy atom. The van der Waals surface area contributed by atoms with Crippen molar-refractivity contribution in [3.05, 3.63) is 53.1 Å². The summed E-state index contributed by atoms with van der Waals surface area (Å²) < 4.78 is 11.4. The van der Waals surface area contributed by atoms with Gasteiger partial charge in [0.25, 0.3) is 0 Å². The van der Waals surface area contributed by atoms with E-state index in [9.17, 15) is 0 Å². The molecule has 0 unspecified atom stereocenters. The van der Waals surface area contributed by atoms with Gasteiger partial charge in [0.15, 0.2) is 11.5 Å². The number of aryl methyl sites for hydroxylation is 2. The normalized spacial score (nSPS) is 13.6. The second kappa shape index (κ2) is 6.08. The molecule has 1 N–H and O–H groups in total. The first-order valence-corrected chi connectivity index (χ1v) is 7.42. The zero-order valence-corrected chi connectivity index (χ0v) is 12.6. The molecular formula is C18H21NO2. The number of hydrogen-bond acceptors (Lipinski definition) is 3. The van der Waals surface area contributed by atoms with Crippen LogP contribution in [0.4, 0.5) is 5.69 Å². The van der Waals surface area contributed by atoms with Crippen LogP contribution in [-0.4, -0.2) is 13.2 Å². The first-order chi connectivity index (χ1) is 10.2. The lowest BCUT2D eigenvalue weighted by molar-refractivity contribution is 0.297. The summed E-state index contributed by atoms with van der Waals surface area (Å²) in [4.78, 5) is 0. The maximum Gasteiger partial charge on any atom is 0.161 e. The molecule has 2 aromatic rings. The van der Waals surface area contributed by atoms with Crippen molar-refractivity contribution in [1.29, 1.82) is 0 Å². The maximum absolute atomic E-state index is 5.73. The van der Waals surface area contributed by atoms with Gasteiger partial charge in [-0.1, -0.05) is 23.8 Å². The number of rotatable bonds is 3. The molecule has 0 aliphatic carbocycles. The number of hydrogen-bond donors (Lipinski definition) is 1. The Bertz CT molecular complexity index is 637. The Labute approximate surface area is 125 Å². The van der Waals surface area contributed by atoms with Crippen molar-refractivity contribution in [3.63, 3.8) is 0 Å². The fraction of sp³-hybridized carbons (Fsp3) is 0.333. The van der Waals surface area contributed by atoms with Crippen molar-refractivity contribution < 1.29 is 9.47 Å². The van der Waals surface area contributed by atoms with Crippen molar-refractivity contribution in [3.8, 4) is 11.5 Å². The number of benzene rings is 2. The van der Waals surface area contributed by atoms with Gasteiger partial charge in [0.1, 0.15) is 0 Å². The first-order valence-electron chi connectivity index (χ1n) is 7.42. The summed E-state index contributed by atoms with van der Waals surface area (Å²) in [5, 5.41) is 3.48. The molecule has 3 nitrogen and oxygen atoms in total. The Hall–Kier alpha value is -2.16. The summed E-state index contributed by atoms with van der Waals surface area (Å²) >= 11 is 0. The van der Waals surface area contributed by atoms with E-state index < -0.39 is 0 Å². The van der Waals surface area contributed by atoms with E-state index in [1.807, 2.05) is 6.07 Å². The topological polar surface area (TPSA) is 30.5 Å². The molecule has 0 saturated heterocycles. The maximum atomic E-state index is 5.73. The molecule has 0 bridgehead atoms. The molecular weight excluding hydrogens is 262 g/mol. The fourth-order valence-corrected chi connectivity index (χ4v) is 2.53. The Balaban J connectivity index is 1.72. The van der Waals surface area contributed by atoms with E-state index in [1.165, 1.54) is 22.4 Å². The van der Waals surface area contributed by atoms with E-state index in [1.54, 1.807) is 0 Å². The molecule has 0 aromatic heterocycles. The number of fused-ring (bicyclic) bond motifs is 1. The lowest BCUT2D eigenvalue weighted by Crippen LogP contribution is -2.02. The lowest BCUT2D eigenvalue weighted by Gasteiger charge is -2.12. The number of nitrogens with one attached hydrogen (secondary N) is 1. The quantitative estimate of drug-likeness (QED) is 0.920. The second-order valence-electron chi connectivity index (χ2n) is 5.50. The number of anilines is 1. The lowest BCUT2D eigenvalue weighted by atomic mass is 10.1. The first kappa shape index (κ1) is 13.8. The minimum Gasteiger partial charge on any atom is -0.490 e. The highest BCUT2D eigenvalue weighted by Gasteiger charge is 2.10. The van der Waals surface area contributed by atoms with E-state index in [0.29, 0.717) is 0 Å². The predicted octanol–water partition coefficient (Wildman–Crippen LogP) is 4.08. The molecule has 2 aromatic carbocycles. The average Bonchev–Trinajstić information content (AvgIpc) is 2.71. The molecule has 1 heterocycles. The summed E-state index contributed by atoms with van der Waals surface area (Å²) in [6.45, 7) is 6.47. The third-order valence-corrected chi connectivity index (χ3v) is 3.68. The largest absolute Gasteiger partial charge is 0.490 e. The van der Waals surface area contributed by atoms with Crippen LogP contribution in [0, 0.1) is 13.8 Å². The summed E-state index contributed by atoms with van der Waals surface area (Å²) in [5.74, 6) is 1.70.